The summed E-state index contributed by atoms with van der Waals surface area (Å²) in [6.45, 7) is 20.6. The van der Waals surface area contributed by atoms with Crippen LogP contribution in [0.1, 0.15) is 145 Å². The maximum atomic E-state index is 12.4. The zero-order valence-electron chi connectivity index (χ0n) is 78.5. The largest absolute Gasteiger partial charge is 0.523 e. The summed E-state index contributed by atoms with van der Waals surface area (Å²) in [6, 6.07) is -0.262. The molecule has 3 saturated carbocycles. The number of anilines is 2. The summed E-state index contributed by atoms with van der Waals surface area (Å²) in [5.41, 5.74) is 3.16. The number of nitrogens with two attached hydrogens (primary N) is 1. The highest BCUT2D eigenvalue weighted by molar-refractivity contribution is 7.87. The number of aromatic nitrogens is 16. The average molecular weight is 2240 g/mol. The number of alkyl halides is 3. The maximum Gasteiger partial charge on any atom is 0.523 e. The number of hydrogen-bond donors (Lipinski definition) is 11. The minimum atomic E-state index is -5.70. The normalized spacial score (nSPS) is 30.8. The van der Waals surface area contributed by atoms with Crippen molar-refractivity contribution >= 4 is 166 Å². The Kier molecular flexibility index (Phi) is 37.8. The monoisotopic (exact) mass is 2240 g/mol. The highest BCUT2D eigenvalue weighted by atomic mass is 35.5. The number of fused-ring (bicyclic) bond motifs is 7. The van der Waals surface area contributed by atoms with Crippen LogP contribution in [0.4, 0.5) is 24.8 Å². The molecular weight excluding hydrogens is 2120 g/mol. The van der Waals surface area contributed by atoms with Crippen molar-refractivity contribution < 1.29 is 160 Å². The zero-order valence-corrected chi connectivity index (χ0v) is 87.4. The van der Waals surface area contributed by atoms with Gasteiger partial charge in [0, 0.05) is 26.0 Å². The van der Waals surface area contributed by atoms with Gasteiger partial charge in [-0.15, -0.1) is 0 Å². The summed E-state index contributed by atoms with van der Waals surface area (Å²) in [5.74, 6) is -1.60. The van der Waals surface area contributed by atoms with Crippen LogP contribution in [0.5, 0.6) is 0 Å². The minimum Gasteiger partial charge on any atom is -0.394 e. The molecule has 0 amide bonds. The van der Waals surface area contributed by atoms with Crippen LogP contribution < -0.4 is 16.4 Å². The summed E-state index contributed by atoms with van der Waals surface area (Å²) in [7, 11) is -19.2. The molecule has 0 bridgehead atoms. The summed E-state index contributed by atoms with van der Waals surface area (Å²) >= 11 is 36.4. The first-order valence-electron chi connectivity index (χ1n) is 44.8. The first kappa shape index (κ1) is 114. The van der Waals surface area contributed by atoms with E-state index in [9.17, 15) is 65.4 Å². The van der Waals surface area contributed by atoms with Gasteiger partial charge in [-0.1, -0.05) is 23.2 Å². The van der Waals surface area contributed by atoms with E-state index in [4.69, 9.17) is 161 Å². The zero-order chi connectivity index (χ0) is 104. The first-order chi connectivity index (χ1) is 66.5. The third-order valence-corrected chi connectivity index (χ3v) is 30.5. The highest BCUT2D eigenvalue weighted by Gasteiger charge is 2.60. The standard InChI is InChI=1S/C22H33ClN5O7P.C17H23Cl2N4O6P.C16H23ClN5O8P.C13H14Cl2N4O4.C5H10F3O5PS.C5H11NO/c1-5-32-36(4,30)11-31-9-14-16-17(35-22(2,3)34-16)20(33-14)28-10-24-15-18(26-21(23)27-19(15)28)25-12-7-6-8-13(12)29;1-5-26-30(4,24)8-25-6-9-11-12(29-17(2,3)28-11)15(27-9)23-7-20-10-13(18)21-16(19)22-14(10)23;17-16-20-13(19-7-2-1-3-8(7)23)10-14(21-16)22(5-18-10)15-12(25)11(24)9(30-15)4-29-6-31(26,27)28;1-13(2)22-7-5(3-20)21-11(8(7)23-13)19-4-16-6-9(14)17-12(15)18-10(6)19;1-3-12-14(2,9)4-13-15(10,11)5(6,7)8;6-4-2-1-3-5(4)7/h10,12-14,16-17,20,29H,5-9,11H2,1-4H3,(H,25,26,27);7,9,11-12,15H,5-6,8H2,1-4H3;5,7-9,11-12,15,23-25H,1-4,6H2,(H,19,20,21)(H2,26,27,28);4-5,7-8,11,20H,3H2,1-2H3;3-4H2,1-2H3;4-5,7H,1-3,6H2/t12-,13+,14-,16-,17-,20-,36?;9-,11-,12-,15-,30?;7-,8+,9-,11-,12-,15-;5-,7-,8-,11-;;4-,5+/m1111.1/s1. The van der Waals surface area contributed by atoms with Gasteiger partial charge in [0.15, 0.2) is 97.8 Å². The fraction of sp³-hybridized carbons (Fsp3) is 0.744. The molecule has 142 heavy (non-hydrogen) atoms. The Bertz CT molecular complexity index is 6000. The first-order valence-corrected chi connectivity index (χ1v) is 57.0. The van der Waals surface area contributed by atoms with E-state index in [1.165, 1.54) is 24.1 Å². The lowest BCUT2D eigenvalue weighted by molar-refractivity contribution is -0.201. The van der Waals surface area contributed by atoms with Crippen LogP contribution in [0.3, 0.4) is 0 Å². The Balaban J connectivity index is 0.000000149. The number of aliphatic hydroxyl groups excluding tert-OH is 6. The second-order valence-electron chi connectivity index (χ2n) is 35.9. The molecule has 8 aromatic heterocycles. The Morgan fingerprint density at radius 2 is 0.775 bits per heavy atom. The molecule has 64 heteroatoms. The molecule has 18 rings (SSSR count). The molecule has 8 aromatic rings. The SMILES string of the molecule is CC1(C)O[C@@H]2[C@H](O1)[C@@H](CO)O[C@H]2n1cnc2c(Cl)nc(Cl)nc21.CCOP(C)(=O)COC[C@H]1O[C@@H](n2cnc3c(Cl)nc(Cl)nc32)[C@@H]2OC(C)(C)O[C@@H]21.CCOP(C)(=O)COC[C@H]1O[C@@H](n2cnc3c(N[C@@H]4CCC[C@@H]4O)nc(Cl)nc32)[C@@H]2OC(C)(C)O[C@@H]21.CCOP(C)(=O)COS(=O)(=O)C(F)(F)F.N[C@@H]1CCC[C@@H]1O.O=P(O)(O)COC[C@H]1O[C@@H](n2cnc3c(N[C@@H]4CCC[C@@H]4O)nc(Cl)nc32)[C@H](O)[C@@H]1O. The third-order valence-electron chi connectivity index (χ3n) is 23.3. The van der Waals surface area contributed by atoms with Crippen LogP contribution in [-0.4, -0.2) is 351 Å². The Hall–Kier alpha value is -4.84. The fourth-order valence-corrected chi connectivity index (χ4v) is 23.0. The van der Waals surface area contributed by atoms with E-state index >= 15 is 0 Å². The smallest absolute Gasteiger partial charge is 0.394 e. The van der Waals surface area contributed by atoms with Crippen molar-refractivity contribution in [3.05, 3.63) is 56.7 Å². The molecule has 0 spiro atoms. The van der Waals surface area contributed by atoms with E-state index in [0.29, 0.717) is 70.3 Å². The van der Waals surface area contributed by atoms with Gasteiger partial charge in [-0.25, -0.2) is 29.9 Å². The third kappa shape index (κ3) is 28.1. The number of hydrogen-bond acceptors (Lipinski definition) is 44. The van der Waals surface area contributed by atoms with E-state index in [1.54, 1.807) is 53.5 Å². The molecule has 0 aromatic carbocycles. The molecule has 15 heterocycles. The molecule has 0 radical (unpaired) electrons. The van der Waals surface area contributed by atoms with E-state index in [2.05, 4.69) is 79.1 Å². The van der Waals surface area contributed by atoms with Crippen molar-refractivity contribution in [2.45, 2.75) is 278 Å². The van der Waals surface area contributed by atoms with E-state index in [1.807, 2.05) is 41.5 Å². The summed E-state index contributed by atoms with van der Waals surface area (Å²) in [6.07, 6.45) is 0.0514. The molecule has 796 valence electrons. The molecule has 7 saturated heterocycles. The Morgan fingerprint density at radius 3 is 1.12 bits per heavy atom. The van der Waals surface area contributed by atoms with Crippen LogP contribution >= 0.6 is 99.3 Å². The Morgan fingerprint density at radius 1 is 0.451 bits per heavy atom. The van der Waals surface area contributed by atoms with Gasteiger partial charge in [0.2, 0.25) is 43.2 Å². The number of aliphatic hydroxyl groups is 6. The van der Waals surface area contributed by atoms with Crippen LogP contribution in [0.2, 0.25) is 31.4 Å². The van der Waals surface area contributed by atoms with Gasteiger partial charge in [0.05, 0.1) is 102 Å². The second-order valence-corrected chi connectivity index (χ2v) is 48.8. The lowest BCUT2D eigenvalue weighted by Gasteiger charge is -2.25. The van der Waals surface area contributed by atoms with Crippen LogP contribution in [0, 0.1) is 0 Å². The number of ether oxygens (including phenoxy) is 13. The maximum absolute atomic E-state index is 12.4. The van der Waals surface area contributed by atoms with Gasteiger partial charge in [-0.2, -0.15) is 51.5 Å². The molecule has 10 aliphatic rings. The fourth-order valence-electron chi connectivity index (χ4n) is 17.3. The number of imidazole rings is 4. The molecule has 50 nitrogen and oxygen atoms in total. The number of nitrogens with one attached hydrogen (secondary N) is 2. The molecular formula is C78H114Cl6F3N19O31P4S. The predicted octanol–water partition coefficient (Wildman–Crippen LogP) is 9.34. The predicted molar refractivity (Wildman–Crippen MR) is 501 cm³/mol. The van der Waals surface area contributed by atoms with Crippen LogP contribution in [-0.2, 0) is 108 Å². The summed E-state index contributed by atoms with van der Waals surface area (Å²) in [5, 5.41) is 66.2. The van der Waals surface area contributed by atoms with Crippen molar-refractivity contribution in [1.82, 2.24) is 78.1 Å². The molecule has 10 fully saturated rings. The van der Waals surface area contributed by atoms with Gasteiger partial charge in [-0.3, -0.25) is 40.7 Å². The van der Waals surface area contributed by atoms with Crippen LogP contribution in [0.15, 0.2) is 25.3 Å². The van der Waals surface area contributed by atoms with Gasteiger partial charge in [-0.05, 0) is 167 Å². The molecule has 12 N–H and O–H groups in total. The topological polar surface area (TPSA) is 646 Å². The van der Waals surface area contributed by atoms with Crippen molar-refractivity contribution in [1.29, 1.82) is 0 Å². The van der Waals surface area contributed by atoms with E-state index < -0.39 is 180 Å². The lowest BCUT2D eigenvalue weighted by atomic mass is 10.1. The van der Waals surface area contributed by atoms with Crippen molar-refractivity contribution in [2.75, 3.05) is 102 Å². The van der Waals surface area contributed by atoms with E-state index in [0.717, 1.165) is 58.0 Å². The number of nitrogens with zero attached hydrogens (tertiary/aromatic N) is 16. The van der Waals surface area contributed by atoms with Crippen molar-refractivity contribution in [3.8, 4) is 0 Å². The average Bonchev–Trinajstić information content (AvgIpc) is 1.59. The lowest BCUT2D eigenvalue weighted by Crippen LogP contribution is -2.34. The molecule has 3 aliphatic carbocycles. The second kappa shape index (κ2) is 47.0. The molecule has 3 unspecified atom stereocenters. The van der Waals surface area contributed by atoms with Crippen LogP contribution in [0.25, 0.3) is 44.7 Å². The van der Waals surface area contributed by atoms with E-state index in [-0.39, 0.29) is 113 Å². The summed E-state index contributed by atoms with van der Waals surface area (Å²) < 4.78 is 205. The number of halogens is 9. The Labute approximate surface area is 840 Å². The van der Waals surface area contributed by atoms with Crippen molar-refractivity contribution in [2.24, 2.45) is 5.73 Å². The highest BCUT2D eigenvalue weighted by Crippen LogP contribution is 2.51. The van der Waals surface area contributed by atoms with Gasteiger partial charge in [0.1, 0.15) is 110 Å². The minimum absolute atomic E-state index is 0.00206. The molecule has 7 aliphatic heterocycles. The molecule has 25 atom stereocenters. The van der Waals surface area contributed by atoms with Crippen molar-refractivity contribution in [3.63, 3.8) is 0 Å². The summed E-state index contributed by atoms with van der Waals surface area (Å²) in [4.78, 5) is 68.3. The van der Waals surface area contributed by atoms with Gasteiger partial charge < -0.3 is 132 Å². The van der Waals surface area contributed by atoms with Gasteiger partial charge in [0.25, 0.3) is 0 Å². The number of rotatable bonds is 30. The quantitative estimate of drug-likeness (QED) is 0.00656. The van der Waals surface area contributed by atoms with Gasteiger partial charge >= 0.3 is 23.2 Å².